The second-order valence-electron chi connectivity index (χ2n) is 6.95. The van der Waals surface area contributed by atoms with Gasteiger partial charge in [-0.2, -0.15) is 13.5 Å². The quantitative estimate of drug-likeness (QED) is 0.751. The van der Waals surface area contributed by atoms with Crippen molar-refractivity contribution in [2.24, 2.45) is 5.92 Å². The molecule has 0 spiro atoms. The zero-order valence-electron chi connectivity index (χ0n) is 14.9. The number of amides is 1. The van der Waals surface area contributed by atoms with Crippen molar-refractivity contribution in [3.8, 4) is 0 Å². The Labute approximate surface area is 153 Å². The maximum absolute atomic E-state index is 12.8. The molecule has 1 amide bonds. The first kappa shape index (κ1) is 18.8. The molecule has 0 atom stereocenters. The van der Waals surface area contributed by atoms with E-state index in [4.69, 9.17) is 4.55 Å². The van der Waals surface area contributed by atoms with Gasteiger partial charge < -0.3 is 5.32 Å². The molecular formula is C18H25N3O4S. The summed E-state index contributed by atoms with van der Waals surface area (Å²) in [6.07, 6.45) is 3.83. The highest BCUT2D eigenvalue weighted by atomic mass is 32.2. The Kier molecular flexibility index (Phi) is 5.62. The smallest absolute Gasteiger partial charge is 0.270 e. The van der Waals surface area contributed by atoms with E-state index >= 15 is 0 Å². The zero-order chi connectivity index (χ0) is 18.7. The van der Waals surface area contributed by atoms with Gasteiger partial charge in [-0.15, -0.1) is 0 Å². The van der Waals surface area contributed by atoms with Gasteiger partial charge in [0.1, 0.15) is 5.69 Å². The molecule has 2 aromatic rings. The van der Waals surface area contributed by atoms with E-state index in [1.54, 1.807) is 4.68 Å². The van der Waals surface area contributed by atoms with Crippen LogP contribution in [0.4, 0.5) is 0 Å². The molecule has 3 rings (SSSR count). The van der Waals surface area contributed by atoms with E-state index in [1.807, 2.05) is 31.2 Å². The first-order chi connectivity index (χ1) is 12.4. The number of hydrogen-bond donors (Lipinski definition) is 2. The predicted octanol–water partition coefficient (Wildman–Crippen LogP) is 2.62. The fourth-order valence-corrected chi connectivity index (χ4v) is 4.34. The van der Waals surface area contributed by atoms with Crippen molar-refractivity contribution >= 4 is 26.9 Å². The summed E-state index contributed by atoms with van der Waals surface area (Å²) in [6, 6.07) is 7.71. The van der Waals surface area contributed by atoms with Crippen LogP contribution in [0.3, 0.4) is 0 Å². The number of carbonyl (C=O) groups is 1. The average molecular weight is 379 g/mol. The fraction of sp³-hybridized carbons (Fsp3) is 0.556. The highest BCUT2D eigenvalue weighted by Gasteiger charge is 2.25. The molecule has 0 aliphatic heterocycles. The van der Waals surface area contributed by atoms with Crippen LogP contribution in [0.25, 0.3) is 10.9 Å². The summed E-state index contributed by atoms with van der Waals surface area (Å²) in [4.78, 5) is 12.8. The summed E-state index contributed by atoms with van der Waals surface area (Å²) in [5, 5.41) is 8.45. The van der Waals surface area contributed by atoms with Crippen LogP contribution in [-0.4, -0.2) is 40.5 Å². The van der Waals surface area contributed by atoms with Gasteiger partial charge in [-0.1, -0.05) is 18.2 Å². The number of aromatic nitrogens is 2. The number of carbonyl (C=O) groups excluding carboxylic acids is 1. The molecule has 1 aliphatic carbocycles. The lowest BCUT2D eigenvalue weighted by Crippen LogP contribution is -2.38. The molecule has 1 aromatic carbocycles. The monoisotopic (exact) mass is 379 g/mol. The molecule has 1 saturated carbocycles. The molecule has 1 aromatic heterocycles. The number of benzene rings is 1. The number of rotatable bonds is 6. The van der Waals surface area contributed by atoms with Crippen molar-refractivity contribution in [2.75, 3.05) is 5.75 Å². The highest BCUT2D eigenvalue weighted by molar-refractivity contribution is 7.85. The van der Waals surface area contributed by atoms with Crippen molar-refractivity contribution in [3.05, 3.63) is 30.0 Å². The van der Waals surface area contributed by atoms with Gasteiger partial charge in [-0.3, -0.25) is 14.0 Å². The Morgan fingerprint density at radius 2 is 1.96 bits per heavy atom. The van der Waals surface area contributed by atoms with Crippen molar-refractivity contribution in [1.29, 1.82) is 0 Å². The Morgan fingerprint density at radius 3 is 2.62 bits per heavy atom. The Hall–Kier alpha value is -1.93. The van der Waals surface area contributed by atoms with E-state index in [9.17, 15) is 13.2 Å². The van der Waals surface area contributed by atoms with Gasteiger partial charge in [-0.25, -0.2) is 0 Å². The third-order valence-electron chi connectivity index (χ3n) is 5.13. The van der Waals surface area contributed by atoms with Crippen LogP contribution in [0.1, 0.15) is 49.5 Å². The molecular weight excluding hydrogens is 354 g/mol. The molecule has 8 heteroatoms. The second kappa shape index (κ2) is 7.75. The number of nitrogens with one attached hydrogen (secondary N) is 1. The maximum Gasteiger partial charge on any atom is 0.270 e. The minimum Gasteiger partial charge on any atom is -0.348 e. The van der Waals surface area contributed by atoms with Gasteiger partial charge in [0.2, 0.25) is 0 Å². The summed E-state index contributed by atoms with van der Waals surface area (Å²) < 4.78 is 32.3. The molecule has 142 valence electrons. The summed E-state index contributed by atoms with van der Waals surface area (Å²) in [6.45, 7) is 2.59. The topological polar surface area (TPSA) is 101 Å². The molecule has 0 saturated heterocycles. The van der Waals surface area contributed by atoms with Crippen LogP contribution < -0.4 is 5.32 Å². The third-order valence-corrected chi connectivity index (χ3v) is 5.88. The van der Waals surface area contributed by atoms with Crippen LogP contribution in [-0.2, 0) is 16.7 Å². The molecule has 1 heterocycles. The highest BCUT2D eigenvalue weighted by Crippen LogP contribution is 2.28. The maximum atomic E-state index is 12.8. The normalized spacial score (nSPS) is 21.0. The van der Waals surface area contributed by atoms with Crippen molar-refractivity contribution in [2.45, 2.75) is 51.6 Å². The molecule has 0 unspecified atom stereocenters. The third kappa shape index (κ3) is 4.42. The van der Waals surface area contributed by atoms with E-state index in [-0.39, 0.29) is 23.6 Å². The minimum atomic E-state index is -3.89. The van der Waals surface area contributed by atoms with Gasteiger partial charge in [-0.05, 0) is 51.0 Å². The van der Waals surface area contributed by atoms with Gasteiger partial charge in [0, 0.05) is 18.0 Å². The Balaban J connectivity index is 1.62. The van der Waals surface area contributed by atoms with Crippen LogP contribution in [0.15, 0.2) is 24.3 Å². The van der Waals surface area contributed by atoms with Crippen molar-refractivity contribution in [1.82, 2.24) is 15.1 Å². The first-order valence-electron chi connectivity index (χ1n) is 9.09. The van der Waals surface area contributed by atoms with E-state index in [1.165, 1.54) is 0 Å². The van der Waals surface area contributed by atoms with Gasteiger partial charge in [0.15, 0.2) is 0 Å². The first-order valence-corrected chi connectivity index (χ1v) is 10.7. The fourth-order valence-electron chi connectivity index (χ4n) is 3.71. The minimum absolute atomic E-state index is 0.0865. The van der Waals surface area contributed by atoms with Crippen molar-refractivity contribution in [3.63, 3.8) is 0 Å². The van der Waals surface area contributed by atoms with Crippen LogP contribution >= 0.6 is 0 Å². The Bertz CT molecular complexity index is 883. The van der Waals surface area contributed by atoms with Crippen LogP contribution in [0.5, 0.6) is 0 Å². The summed E-state index contributed by atoms with van der Waals surface area (Å²) in [7, 11) is -3.89. The molecule has 1 fully saturated rings. The molecule has 26 heavy (non-hydrogen) atoms. The van der Waals surface area contributed by atoms with E-state index in [0.717, 1.165) is 36.6 Å². The summed E-state index contributed by atoms with van der Waals surface area (Å²) in [5.74, 6) is -0.00915. The lowest BCUT2D eigenvalue weighted by molar-refractivity contribution is 0.0912. The van der Waals surface area contributed by atoms with Crippen LogP contribution in [0, 0.1) is 5.92 Å². The van der Waals surface area contributed by atoms with Gasteiger partial charge in [0.25, 0.3) is 16.0 Å². The van der Waals surface area contributed by atoms with E-state index in [2.05, 4.69) is 10.4 Å². The van der Waals surface area contributed by atoms with Gasteiger partial charge >= 0.3 is 0 Å². The molecule has 0 radical (unpaired) electrons. The lowest BCUT2D eigenvalue weighted by Gasteiger charge is -2.29. The molecule has 0 bridgehead atoms. The molecule has 7 nitrogen and oxygen atoms in total. The molecule has 1 aliphatic rings. The van der Waals surface area contributed by atoms with E-state index < -0.39 is 10.1 Å². The summed E-state index contributed by atoms with van der Waals surface area (Å²) >= 11 is 0. The predicted molar refractivity (Wildman–Crippen MR) is 99.7 cm³/mol. The largest absolute Gasteiger partial charge is 0.348 e. The number of nitrogens with zero attached hydrogens (tertiary/aromatic N) is 2. The average Bonchev–Trinajstić information content (AvgIpc) is 2.99. The van der Waals surface area contributed by atoms with Crippen molar-refractivity contribution < 1.29 is 17.8 Å². The number of aryl methyl sites for hydroxylation is 1. The van der Waals surface area contributed by atoms with Gasteiger partial charge in [0.05, 0.1) is 11.3 Å². The lowest BCUT2D eigenvalue weighted by atomic mass is 9.84. The SMILES string of the molecule is CCn1nc2ccccc2c1C(=O)N[C@H]1CC[C@H](CCS(=O)(=O)O)CC1. The molecule has 2 N–H and O–H groups in total. The summed E-state index contributed by atoms with van der Waals surface area (Å²) in [5.41, 5.74) is 1.41. The Morgan fingerprint density at radius 1 is 1.27 bits per heavy atom. The second-order valence-corrected chi connectivity index (χ2v) is 8.52. The number of hydrogen-bond acceptors (Lipinski definition) is 4. The van der Waals surface area contributed by atoms with E-state index in [0.29, 0.717) is 18.7 Å². The zero-order valence-corrected chi connectivity index (χ0v) is 15.7. The standard InChI is InChI=1S/C18H25N3O4S/c1-2-21-17(15-5-3-4-6-16(15)20-21)18(22)19-14-9-7-13(8-10-14)11-12-26(23,24)25/h3-6,13-14H,2,7-12H2,1H3,(H,19,22)(H,23,24,25)/t13-,14-. The number of fused-ring (bicyclic) bond motifs is 1. The van der Waals surface area contributed by atoms with Crippen LogP contribution in [0.2, 0.25) is 0 Å².